The molecule has 0 radical (unpaired) electrons. The second-order valence-electron chi connectivity index (χ2n) is 5.87. The third-order valence-corrected chi connectivity index (χ3v) is 3.40. The van der Waals surface area contributed by atoms with Gasteiger partial charge in [0.25, 0.3) is 0 Å². The van der Waals surface area contributed by atoms with Crippen LogP contribution in [0.3, 0.4) is 0 Å². The maximum Gasteiger partial charge on any atom is 0.237 e. The molecule has 0 heterocycles. The van der Waals surface area contributed by atoms with Gasteiger partial charge in [0.2, 0.25) is 5.91 Å². The first-order valence-corrected chi connectivity index (χ1v) is 5.88. The molecule has 0 aliphatic heterocycles. The molecule has 1 amide bonds. The van der Waals surface area contributed by atoms with E-state index in [1.54, 1.807) is 0 Å². The van der Waals surface area contributed by atoms with Crippen LogP contribution in [0, 0.1) is 11.3 Å². The van der Waals surface area contributed by atoms with Crippen LogP contribution in [0.15, 0.2) is 0 Å². The van der Waals surface area contributed by atoms with E-state index in [2.05, 4.69) is 12.2 Å². The van der Waals surface area contributed by atoms with E-state index in [4.69, 9.17) is 5.73 Å². The van der Waals surface area contributed by atoms with Crippen molar-refractivity contribution < 1.29 is 4.79 Å². The maximum atomic E-state index is 11.9. The van der Waals surface area contributed by atoms with Crippen molar-refractivity contribution in [2.45, 2.75) is 59.0 Å². The van der Waals surface area contributed by atoms with Gasteiger partial charge in [0.05, 0.1) is 6.04 Å². The van der Waals surface area contributed by atoms with E-state index in [9.17, 15) is 4.79 Å². The van der Waals surface area contributed by atoms with Gasteiger partial charge in [-0.25, -0.2) is 0 Å². The fraction of sp³-hybridized carbons (Fsp3) is 0.917. The number of nitrogens with two attached hydrogens (primary N) is 1. The van der Waals surface area contributed by atoms with Gasteiger partial charge in [-0.1, -0.05) is 34.1 Å². The Morgan fingerprint density at radius 2 is 2.00 bits per heavy atom. The SMILES string of the molecule is CC1CCCC1NC(=O)C(N)C(C)(C)C. The molecular formula is C12H24N2O. The summed E-state index contributed by atoms with van der Waals surface area (Å²) in [6.45, 7) is 8.18. The maximum absolute atomic E-state index is 11.9. The molecular weight excluding hydrogens is 188 g/mol. The second-order valence-corrected chi connectivity index (χ2v) is 5.87. The highest BCUT2D eigenvalue weighted by atomic mass is 16.2. The molecule has 15 heavy (non-hydrogen) atoms. The Balaban J connectivity index is 2.48. The highest BCUT2D eigenvalue weighted by Crippen LogP contribution is 2.25. The van der Waals surface area contributed by atoms with Crippen molar-refractivity contribution in [1.82, 2.24) is 5.32 Å². The fourth-order valence-corrected chi connectivity index (χ4v) is 2.03. The van der Waals surface area contributed by atoms with E-state index in [0.29, 0.717) is 12.0 Å². The zero-order valence-electron chi connectivity index (χ0n) is 10.3. The van der Waals surface area contributed by atoms with Crippen LogP contribution in [-0.2, 0) is 4.79 Å². The van der Waals surface area contributed by atoms with E-state index in [-0.39, 0.29) is 11.3 Å². The summed E-state index contributed by atoms with van der Waals surface area (Å²) in [6, 6.07) is -0.0730. The lowest BCUT2D eigenvalue weighted by atomic mass is 9.86. The smallest absolute Gasteiger partial charge is 0.237 e. The van der Waals surface area contributed by atoms with Crippen LogP contribution in [0.25, 0.3) is 0 Å². The molecule has 0 aromatic rings. The minimum atomic E-state index is -0.412. The quantitative estimate of drug-likeness (QED) is 0.731. The normalized spacial score (nSPS) is 28.9. The molecule has 1 aliphatic carbocycles. The summed E-state index contributed by atoms with van der Waals surface area (Å²) >= 11 is 0. The van der Waals surface area contributed by atoms with E-state index >= 15 is 0 Å². The summed E-state index contributed by atoms with van der Waals surface area (Å²) in [4.78, 5) is 11.9. The van der Waals surface area contributed by atoms with E-state index in [1.807, 2.05) is 20.8 Å². The third-order valence-electron chi connectivity index (χ3n) is 3.40. The van der Waals surface area contributed by atoms with Gasteiger partial charge in [-0.15, -0.1) is 0 Å². The average molecular weight is 212 g/mol. The van der Waals surface area contributed by atoms with Gasteiger partial charge in [0.1, 0.15) is 0 Å². The third kappa shape index (κ3) is 3.20. The van der Waals surface area contributed by atoms with Crippen molar-refractivity contribution in [3.63, 3.8) is 0 Å². The Hall–Kier alpha value is -0.570. The molecule has 0 aromatic carbocycles. The average Bonchev–Trinajstić information content (AvgIpc) is 2.49. The molecule has 1 rings (SSSR count). The summed E-state index contributed by atoms with van der Waals surface area (Å²) in [6.07, 6.45) is 3.54. The van der Waals surface area contributed by atoms with Crippen LogP contribution < -0.4 is 11.1 Å². The number of hydrogen-bond acceptors (Lipinski definition) is 2. The molecule has 3 heteroatoms. The number of carbonyl (C=O) groups excluding carboxylic acids is 1. The van der Waals surface area contributed by atoms with E-state index in [0.717, 1.165) is 6.42 Å². The zero-order valence-corrected chi connectivity index (χ0v) is 10.3. The number of nitrogens with one attached hydrogen (secondary N) is 1. The van der Waals surface area contributed by atoms with Crippen LogP contribution >= 0.6 is 0 Å². The Morgan fingerprint density at radius 3 is 2.40 bits per heavy atom. The van der Waals surface area contributed by atoms with E-state index < -0.39 is 6.04 Å². The lowest BCUT2D eigenvalue weighted by Gasteiger charge is -2.28. The van der Waals surface area contributed by atoms with Crippen LogP contribution in [-0.4, -0.2) is 18.0 Å². The molecule has 0 saturated heterocycles. The van der Waals surface area contributed by atoms with Gasteiger partial charge in [-0.3, -0.25) is 4.79 Å². The largest absolute Gasteiger partial charge is 0.352 e. The monoisotopic (exact) mass is 212 g/mol. The first kappa shape index (κ1) is 12.5. The van der Waals surface area contributed by atoms with Crippen molar-refractivity contribution in [2.75, 3.05) is 0 Å². The number of hydrogen-bond donors (Lipinski definition) is 2. The minimum absolute atomic E-state index is 0.00116. The van der Waals surface area contributed by atoms with Crippen LogP contribution in [0.2, 0.25) is 0 Å². The van der Waals surface area contributed by atoms with Crippen molar-refractivity contribution in [3.8, 4) is 0 Å². The summed E-state index contributed by atoms with van der Waals surface area (Å²) in [5.41, 5.74) is 5.74. The highest BCUT2D eigenvalue weighted by molar-refractivity contribution is 5.82. The predicted octanol–water partition coefficient (Wildman–Crippen LogP) is 1.66. The van der Waals surface area contributed by atoms with Gasteiger partial charge < -0.3 is 11.1 Å². The standard InChI is InChI=1S/C12H24N2O/c1-8-6-5-7-9(8)14-11(15)10(13)12(2,3)4/h8-10H,5-7,13H2,1-4H3,(H,14,15). The van der Waals surface area contributed by atoms with Crippen molar-refractivity contribution in [1.29, 1.82) is 0 Å². The molecule has 3 nitrogen and oxygen atoms in total. The molecule has 1 saturated carbocycles. The van der Waals surface area contributed by atoms with Gasteiger partial charge in [0.15, 0.2) is 0 Å². The summed E-state index contributed by atoms with van der Waals surface area (Å²) in [7, 11) is 0. The lowest BCUT2D eigenvalue weighted by molar-refractivity contribution is -0.125. The Kier molecular flexibility index (Phi) is 3.77. The first-order chi connectivity index (χ1) is 6.82. The van der Waals surface area contributed by atoms with Gasteiger partial charge in [-0.05, 0) is 24.2 Å². The van der Waals surface area contributed by atoms with Crippen molar-refractivity contribution in [3.05, 3.63) is 0 Å². The molecule has 0 spiro atoms. The lowest BCUT2D eigenvalue weighted by Crippen LogP contribution is -2.51. The topological polar surface area (TPSA) is 55.1 Å². The molecule has 1 fully saturated rings. The molecule has 1 aliphatic rings. The molecule has 0 aromatic heterocycles. The zero-order chi connectivity index (χ0) is 11.6. The van der Waals surface area contributed by atoms with E-state index in [1.165, 1.54) is 12.8 Å². The first-order valence-electron chi connectivity index (χ1n) is 5.88. The van der Waals surface area contributed by atoms with Crippen molar-refractivity contribution in [2.24, 2.45) is 17.1 Å². The summed E-state index contributed by atoms with van der Waals surface area (Å²) in [5, 5.41) is 3.07. The number of amides is 1. The van der Waals surface area contributed by atoms with Gasteiger partial charge in [0, 0.05) is 6.04 Å². The highest BCUT2D eigenvalue weighted by Gasteiger charge is 2.31. The molecule has 0 bridgehead atoms. The predicted molar refractivity (Wildman–Crippen MR) is 62.4 cm³/mol. The van der Waals surface area contributed by atoms with Crippen LogP contribution in [0.1, 0.15) is 47.0 Å². The Labute approximate surface area is 92.8 Å². The van der Waals surface area contributed by atoms with Crippen LogP contribution in [0.4, 0.5) is 0 Å². The molecule has 3 unspecified atom stereocenters. The fourth-order valence-electron chi connectivity index (χ4n) is 2.03. The van der Waals surface area contributed by atoms with Gasteiger partial charge in [-0.2, -0.15) is 0 Å². The minimum Gasteiger partial charge on any atom is -0.352 e. The Bertz CT molecular complexity index is 232. The van der Waals surface area contributed by atoms with Crippen LogP contribution in [0.5, 0.6) is 0 Å². The molecule has 88 valence electrons. The number of rotatable bonds is 2. The van der Waals surface area contributed by atoms with Crippen molar-refractivity contribution >= 4 is 5.91 Å². The number of carbonyl (C=O) groups is 1. The molecule has 3 N–H and O–H groups in total. The van der Waals surface area contributed by atoms with Gasteiger partial charge >= 0.3 is 0 Å². The molecule has 3 atom stereocenters. The summed E-state index contributed by atoms with van der Waals surface area (Å²) < 4.78 is 0. The summed E-state index contributed by atoms with van der Waals surface area (Å²) in [5.74, 6) is 0.599. The second kappa shape index (κ2) is 4.52. The Morgan fingerprint density at radius 1 is 1.40 bits per heavy atom.